The Morgan fingerprint density at radius 3 is 2.68 bits per heavy atom. The fourth-order valence-electron chi connectivity index (χ4n) is 4.35. The lowest BCUT2D eigenvalue weighted by Crippen LogP contribution is -2.56. The summed E-state index contributed by atoms with van der Waals surface area (Å²) in [7, 11) is 1.73. The number of carbonyl (C=O) groups excluding carboxylic acids is 1. The minimum Gasteiger partial charge on any atom is -0.495 e. The van der Waals surface area contributed by atoms with Gasteiger partial charge in [-0.25, -0.2) is 0 Å². The number of ether oxygens (including phenoxy) is 1. The molecule has 4 rings (SSSR count). The van der Waals surface area contributed by atoms with Crippen LogP contribution in [0.1, 0.15) is 29.0 Å². The van der Waals surface area contributed by atoms with Gasteiger partial charge in [0.05, 0.1) is 12.8 Å². The first-order chi connectivity index (χ1) is 13.7. The number of para-hydroxylation sites is 2. The van der Waals surface area contributed by atoms with E-state index in [1.165, 1.54) is 5.69 Å². The quantitative estimate of drug-likeness (QED) is 0.877. The van der Waals surface area contributed by atoms with Crippen LogP contribution in [0.5, 0.6) is 5.75 Å². The molecular formula is C21H29N5O2. The van der Waals surface area contributed by atoms with Crippen LogP contribution in [0.3, 0.4) is 0 Å². The molecule has 28 heavy (non-hydrogen) atoms. The highest BCUT2D eigenvalue weighted by Crippen LogP contribution is 2.29. The van der Waals surface area contributed by atoms with Crippen LogP contribution < -0.4 is 9.64 Å². The standard InChI is InChI=1S/C21H29N5O2/c1-16-14-18(23-22-16)21(27)26-9-5-6-17(15-26)24-10-12-25(13-11-24)19-7-3-4-8-20(19)28-2/h3-4,7-8,14,17H,5-6,9-13,15H2,1-2H3,(H,22,23)/t17-/m1/s1. The van der Waals surface area contributed by atoms with Crippen LogP contribution in [0.15, 0.2) is 30.3 Å². The molecule has 2 saturated heterocycles. The monoisotopic (exact) mass is 383 g/mol. The number of nitrogens with zero attached hydrogens (tertiary/aromatic N) is 4. The number of aromatic nitrogens is 2. The van der Waals surface area contributed by atoms with Gasteiger partial charge in [-0.3, -0.25) is 14.8 Å². The van der Waals surface area contributed by atoms with E-state index >= 15 is 0 Å². The molecule has 0 unspecified atom stereocenters. The second-order valence-electron chi connectivity index (χ2n) is 7.68. The third-order valence-corrected chi connectivity index (χ3v) is 5.87. The summed E-state index contributed by atoms with van der Waals surface area (Å²) in [5, 5.41) is 7.01. The van der Waals surface area contributed by atoms with Gasteiger partial charge in [0, 0.05) is 51.0 Å². The molecule has 7 nitrogen and oxygen atoms in total. The van der Waals surface area contributed by atoms with Crippen LogP contribution in [0.2, 0.25) is 0 Å². The SMILES string of the molecule is COc1ccccc1N1CCN([C@@H]2CCCN(C(=O)c3cc(C)[nH]n3)C2)CC1. The number of amides is 1. The lowest BCUT2D eigenvalue weighted by Gasteiger charge is -2.44. The molecule has 7 heteroatoms. The van der Waals surface area contributed by atoms with Gasteiger partial charge in [0.25, 0.3) is 5.91 Å². The predicted octanol–water partition coefficient (Wildman–Crippen LogP) is 2.15. The van der Waals surface area contributed by atoms with Gasteiger partial charge < -0.3 is 14.5 Å². The zero-order chi connectivity index (χ0) is 19.5. The molecule has 150 valence electrons. The van der Waals surface area contributed by atoms with Crippen LogP contribution in [0, 0.1) is 6.92 Å². The third kappa shape index (κ3) is 3.85. The number of aromatic amines is 1. The molecule has 0 saturated carbocycles. The first-order valence-corrected chi connectivity index (χ1v) is 10.1. The lowest BCUT2D eigenvalue weighted by molar-refractivity contribution is 0.0558. The Bertz CT molecular complexity index is 813. The van der Waals surface area contributed by atoms with Gasteiger partial charge in [-0.2, -0.15) is 5.10 Å². The maximum absolute atomic E-state index is 12.8. The number of H-pyrrole nitrogens is 1. The van der Waals surface area contributed by atoms with Crippen molar-refractivity contribution < 1.29 is 9.53 Å². The highest BCUT2D eigenvalue weighted by Gasteiger charge is 2.31. The maximum atomic E-state index is 12.8. The fourth-order valence-corrected chi connectivity index (χ4v) is 4.35. The summed E-state index contributed by atoms with van der Waals surface area (Å²) >= 11 is 0. The van der Waals surface area contributed by atoms with E-state index in [1.807, 2.05) is 30.0 Å². The zero-order valence-corrected chi connectivity index (χ0v) is 16.7. The first-order valence-electron chi connectivity index (χ1n) is 10.1. The van der Waals surface area contributed by atoms with Gasteiger partial charge in [0.15, 0.2) is 0 Å². The highest BCUT2D eigenvalue weighted by atomic mass is 16.5. The van der Waals surface area contributed by atoms with Crippen LogP contribution in [0.4, 0.5) is 5.69 Å². The number of anilines is 1. The molecule has 2 aliphatic rings. The molecule has 0 radical (unpaired) electrons. The molecule has 2 aliphatic heterocycles. The Morgan fingerprint density at radius 2 is 1.96 bits per heavy atom. The summed E-state index contributed by atoms with van der Waals surface area (Å²) in [4.78, 5) is 19.7. The summed E-state index contributed by atoms with van der Waals surface area (Å²) in [5.41, 5.74) is 2.61. The van der Waals surface area contributed by atoms with E-state index in [-0.39, 0.29) is 5.91 Å². The van der Waals surface area contributed by atoms with Crippen LogP contribution in [0.25, 0.3) is 0 Å². The van der Waals surface area contributed by atoms with Gasteiger partial charge in [-0.1, -0.05) is 12.1 Å². The molecular weight excluding hydrogens is 354 g/mol. The van der Waals surface area contributed by atoms with E-state index in [9.17, 15) is 4.79 Å². The van der Waals surface area contributed by atoms with Crippen molar-refractivity contribution in [3.05, 3.63) is 41.7 Å². The van der Waals surface area contributed by atoms with Gasteiger partial charge >= 0.3 is 0 Å². The molecule has 1 N–H and O–H groups in total. The summed E-state index contributed by atoms with van der Waals surface area (Å²) in [6.07, 6.45) is 2.20. The van der Waals surface area contributed by atoms with Crippen LogP contribution in [-0.2, 0) is 0 Å². The topological polar surface area (TPSA) is 64.7 Å². The largest absolute Gasteiger partial charge is 0.495 e. The molecule has 3 heterocycles. The molecule has 0 bridgehead atoms. The van der Waals surface area contributed by atoms with E-state index in [4.69, 9.17) is 4.74 Å². The van der Waals surface area contributed by atoms with Crippen LogP contribution >= 0.6 is 0 Å². The number of hydrogen-bond donors (Lipinski definition) is 1. The van der Waals surface area contributed by atoms with Gasteiger partial charge in [-0.15, -0.1) is 0 Å². The number of hydrogen-bond acceptors (Lipinski definition) is 5. The Morgan fingerprint density at radius 1 is 1.18 bits per heavy atom. The lowest BCUT2D eigenvalue weighted by atomic mass is 10.0. The molecule has 0 spiro atoms. The number of aryl methyl sites for hydroxylation is 1. The zero-order valence-electron chi connectivity index (χ0n) is 16.7. The van der Waals surface area contributed by atoms with Crippen molar-refractivity contribution in [2.45, 2.75) is 25.8 Å². The summed E-state index contributed by atoms with van der Waals surface area (Å²) in [5.74, 6) is 0.974. The number of nitrogens with one attached hydrogen (secondary N) is 1. The highest BCUT2D eigenvalue weighted by molar-refractivity contribution is 5.92. The Kier molecular flexibility index (Phi) is 5.52. The van der Waals surface area contributed by atoms with E-state index in [2.05, 4.69) is 32.1 Å². The normalized spacial score (nSPS) is 21.0. The average Bonchev–Trinajstić information content (AvgIpc) is 3.19. The molecule has 1 aromatic carbocycles. The minimum atomic E-state index is 0.0432. The van der Waals surface area contributed by atoms with Gasteiger partial charge in [0.2, 0.25) is 0 Å². The number of carbonyl (C=O) groups is 1. The second kappa shape index (κ2) is 8.22. The average molecular weight is 383 g/mol. The molecule has 1 atom stereocenters. The number of methoxy groups -OCH3 is 1. The smallest absolute Gasteiger partial charge is 0.274 e. The van der Waals surface area contributed by atoms with Crippen molar-refractivity contribution in [2.24, 2.45) is 0 Å². The summed E-state index contributed by atoms with van der Waals surface area (Å²) in [6.45, 7) is 7.50. The van der Waals surface area contributed by atoms with Crippen molar-refractivity contribution in [3.8, 4) is 5.75 Å². The molecule has 1 aromatic heterocycles. The fraction of sp³-hybridized carbons (Fsp3) is 0.524. The van der Waals surface area contributed by atoms with Crippen molar-refractivity contribution in [2.75, 3.05) is 51.3 Å². The molecule has 0 aliphatic carbocycles. The van der Waals surface area contributed by atoms with Crippen LogP contribution in [-0.4, -0.2) is 78.3 Å². The Balaban J connectivity index is 1.36. The number of likely N-dealkylation sites (tertiary alicyclic amines) is 1. The van der Waals surface area contributed by atoms with Crippen molar-refractivity contribution in [1.29, 1.82) is 0 Å². The molecule has 2 aromatic rings. The number of piperidine rings is 1. The first kappa shape index (κ1) is 18.8. The van der Waals surface area contributed by atoms with E-state index < -0.39 is 0 Å². The predicted molar refractivity (Wildman–Crippen MR) is 109 cm³/mol. The molecule has 1 amide bonds. The third-order valence-electron chi connectivity index (χ3n) is 5.87. The Labute approximate surface area is 166 Å². The van der Waals surface area contributed by atoms with E-state index in [0.717, 1.165) is 63.6 Å². The number of benzene rings is 1. The van der Waals surface area contributed by atoms with Gasteiger partial charge in [0.1, 0.15) is 11.4 Å². The van der Waals surface area contributed by atoms with E-state index in [1.54, 1.807) is 7.11 Å². The molecule has 2 fully saturated rings. The number of piperazine rings is 1. The summed E-state index contributed by atoms with van der Waals surface area (Å²) < 4.78 is 5.52. The van der Waals surface area contributed by atoms with Gasteiger partial charge in [-0.05, 0) is 38.0 Å². The minimum absolute atomic E-state index is 0.0432. The van der Waals surface area contributed by atoms with E-state index in [0.29, 0.717) is 11.7 Å². The number of rotatable bonds is 4. The second-order valence-corrected chi connectivity index (χ2v) is 7.68. The van der Waals surface area contributed by atoms with Crippen molar-refractivity contribution >= 4 is 11.6 Å². The Hall–Kier alpha value is -2.54. The van der Waals surface area contributed by atoms with Crippen molar-refractivity contribution in [3.63, 3.8) is 0 Å². The van der Waals surface area contributed by atoms with Crippen molar-refractivity contribution in [1.82, 2.24) is 20.0 Å². The maximum Gasteiger partial charge on any atom is 0.274 e. The summed E-state index contributed by atoms with van der Waals surface area (Å²) in [6, 6.07) is 10.5.